The van der Waals surface area contributed by atoms with E-state index in [-0.39, 0.29) is 22.3 Å². The average molecular weight is 607 g/mol. The number of alkyl halides is 3. The molecule has 8 nitrogen and oxygen atoms in total. The van der Waals surface area contributed by atoms with Gasteiger partial charge in [-0.1, -0.05) is 12.1 Å². The Labute approximate surface area is 241 Å². The van der Waals surface area contributed by atoms with Gasteiger partial charge in [-0.2, -0.15) is 13.2 Å². The van der Waals surface area contributed by atoms with Gasteiger partial charge in [0.15, 0.2) is 5.03 Å². The summed E-state index contributed by atoms with van der Waals surface area (Å²) in [6.07, 6.45) is -3.29. The second kappa shape index (κ2) is 11.3. The van der Waals surface area contributed by atoms with E-state index in [0.717, 1.165) is 37.1 Å². The lowest BCUT2D eigenvalue weighted by Crippen LogP contribution is -2.54. The van der Waals surface area contributed by atoms with Crippen molar-refractivity contribution in [2.75, 3.05) is 37.7 Å². The molecule has 224 valence electrons. The minimum absolute atomic E-state index is 0.0724. The van der Waals surface area contributed by atoms with Crippen molar-refractivity contribution in [2.24, 2.45) is 0 Å². The number of halogens is 4. The molecule has 0 unspecified atom stereocenters. The number of hydrogen-bond donors (Lipinski definition) is 0. The van der Waals surface area contributed by atoms with E-state index in [1.807, 2.05) is 4.90 Å². The number of carbonyl (C=O) groups excluding carboxylic acids is 1. The number of pyridine rings is 2. The summed E-state index contributed by atoms with van der Waals surface area (Å²) in [6, 6.07) is 9.78. The van der Waals surface area contributed by atoms with E-state index < -0.39 is 44.4 Å². The highest BCUT2D eigenvalue weighted by Gasteiger charge is 2.56. The summed E-state index contributed by atoms with van der Waals surface area (Å²) in [5.74, 6) is -1.21. The van der Waals surface area contributed by atoms with Crippen LogP contribution in [0.5, 0.6) is 0 Å². The first-order valence-corrected chi connectivity index (χ1v) is 15.2. The lowest BCUT2D eigenvalue weighted by Gasteiger charge is -2.39. The largest absolute Gasteiger partial charge is 0.465 e. The molecule has 3 aromatic rings. The van der Waals surface area contributed by atoms with E-state index >= 15 is 0 Å². The summed E-state index contributed by atoms with van der Waals surface area (Å²) in [4.78, 5) is 24.9. The summed E-state index contributed by atoms with van der Waals surface area (Å²) >= 11 is 0. The smallest absolute Gasteiger partial charge is 0.418 e. The van der Waals surface area contributed by atoms with E-state index in [1.54, 1.807) is 19.1 Å². The molecule has 1 aliphatic heterocycles. The molecule has 0 bridgehead atoms. The SMILES string of the molecule is CCOC(=O)C1(N2CCN(c3cccc(S(=O)(=O)Cc4ccc(C(F)(F)F)c(-c5cc(F)ccc5C)n4)n3)CC2)CC1. The highest BCUT2D eigenvalue weighted by atomic mass is 32.2. The molecule has 0 spiro atoms. The molecule has 1 saturated carbocycles. The van der Waals surface area contributed by atoms with E-state index in [0.29, 0.717) is 44.2 Å². The number of esters is 1. The van der Waals surface area contributed by atoms with Crippen LogP contribution in [0.4, 0.5) is 23.4 Å². The van der Waals surface area contributed by atoms with Crippen molar-refractivity contribution in [3.63, 3.8) is 0 Å². The lowest BCUT2D eigenvalue weighted by molar-refractivity contribution is -0.151. The van der Waals surface area contributed by atoms with Gasteiger partial charge >= 0.3 is 12.1 Å². The van der Waals surface area contributed by atoms with E-state index in [1.165, 1.54) is 19.1 Å². The second-order valence-corrected chi connectivity index (χ2v) is 12.4. The fourth-order valence-electron chi connectivity index (χ4n) is 5.28. The molecular formula is C29H30F4N4O4S. The fourth-order valence-corrected chi connectivity index (χ4v) is 6.50. The summed E-state index contributed by atoms with van der Waals surface area (Å²) in [5.41, 5.74) is -2.04. The molecule has 42 heavy (non-hydrogen) atoms. The number of carbonyl (C=O) groups is 1. The van der Waals surface area contributed by atoms with Crippen LogP contribution in [-0.4, -0.2) is 67.6 Å². The van der Waals surface area contributed by atoms with E-state index in [9.17, 15) is 30.8 Å². The topological polar surface area (TPSA) is 92.7 Å². The number of sulfone groups is 1. The molecule has 2 aliphatic rings. The molecule has 1 aromatic carbocycles. The predicted molar refractivity (Wildman–Crippen MR) is 147 cm³/mol. The Bertz CT molecular complexity index is 1600. The first-order chi connectivity index (χ1) is 19.8. The summed E-state index contributed by atoms with van der Waals surface area (Å²) in [7, 11) is -4.11. The molecule has 1 saturated heterocycles. The van der Waals surface area contributed by atoms with Gasteiger partial charge in [-0.25, -0.2) is 17.8 Å². The number of hydrogen-bond acceptors (Lipinski definition) is 8. The molecule has 2 aromatic heterocycles. The molecule has 3 heterocycles. The molecule has 0 atom stereocenters. The summed E-state index contributed by atoms with van der Waals surface area (Å²) < 4.78 is 87.3. The number of aryl methyl sites for hydroxylation is 1. The zero-order chi connectivity index (χ0) is 30.3. The van der Waals surface area contributed by atoms with Gasteiger partial charge < -0.3 is 9.64 Å². The van der Waals surface area contributed by atoms with Gasteiger partial charge in [0.05, 0.1) is 29.3 Å². The minimum Gasteiger partial charge on any atom is -0.465 e. The number of ether oxygens (including phenoxy) is 1. The number of benzene rings is 1. The van der Waals surface area contributed by atoms with Gasteiger partial charge in [0.25, 0.3) is 0 Å². The molecular weight excluding hydrogens is 576 g/mol. The van der Waals surface area contributed by atoms with Crippen LogP contribution in [0.2, 0.25) is 0 Å². The third-order valence-corrected chi connectivity index (χ3v) is 9.21. The maximum atomic E-state index is 14.0. The Morgan fingerprint density at radius 3 is 2.38 bits per heavy atom. The number of piperazine rings is 1. The first-order valence-electron chi connectivity index (χ1n) is 13.5. The molecule has 5 rings (SSSR count). The number of rotatable bonds is 8. The maximum absolute atomic E-state index is 14.0. The van der Waals surface area contributed by atoms with Crippen molar-refractivity contribution in [2.45, 2.75) is 49.2 Å². The standard InChI is InChI=1S/C29H30F4N4O4S/c1-3-41-27(38)28(11-12-28)37-15-13-36(14-16-37)24-5-4-6-25(35-24)42(39,40)18-21-9-10-23(29(31,32)33)26(34-21)22-17-20(30)8-7-19(22)2/h4-10,17H,3,11-16,18H2,1-2H3. The highest BCUT2D eigenvalue weighted by Crippen LogP contribution is 2.43. The van der Waals surface area contributed by atoms with Gasteiger partial charge in [-0.05, 0) is 68.7 Å². The van der Waals surface area contributed by atoms with Crippen LogP contribution in [-0.2, 0) is 31.3 Å². The monoisotopic (exact) mass is 606 g/mol. The molecule has 13 heteroatoms. The first kappa shape index (κ1) is 29.9. The van der Waals surface area contributed by atoms with Crippen molar-refractivity contribution >= 4 is 21.6 Å². The third kappa shape index (κ3) is 5.98. The van der Waals surface area contributed by atoms with Crippen molar-refractivity contribution in [1.82, 2.24) is 14.9 Å². The van der Waals surface area contributed by atoms with Gasteiger partial charge in [0, 0.05) is 31.7 Å². The lowest BCUT2D eigenvalue weighted by atomic mass is 10.00. The maximum Gasteiger partial charge on any atom is 0.418 e. The molecule has 1 aliphatic carbocycles. The van der Waals surface area contributed by atoms with Crippen LogP contribution < -0.4 is 4.90 Å². The summed E-state index contributed by atoms with van der Waals surface area (Å²) in [5, 5.41) is -0.238. The molecule has 2 fully saturated rings. The van der Waals surface area contributed by atoms with E-state index in [4.69, 9.17) is 4.74 Å². The second-order valence-electron chi connectivity index (χ2n) is 10.5. The predicted octanol–water partition coefficient (Wildman–Crippen LogP) is 4.80. The van der Waals surface area contributed by atoms with Crippen LogP contribution >= 0.6 is 0 Å². The Hall–Kier alpha value is -3.58. The molecule has 0 N–H and O–H groups in total. The van der Waals surface area contributed by atoms with Crippen LogP contribution in [0.1, 0.15) is 36.6 Å². The Morgan fingerprint density at radius 2 is 1.74 bits per heavy atom. The van der Waals surface area contributed by atoms with Gasteiger partial charge in [-0.3, -0.25) is 14.7 Å². The van der Waals surface area contributed by atoms with E-state index in [2.05, 4.69) is 14.9 Å². The van der Waals surface area contributed by atoms with Crippen molar-refractivity contribution < 1.29 is 35.5 Å². The normalized spacial score (nSPS) is 17.2. The fraction of sp³-hybridized carbons (Fsp3) is 0.414. The number of nitrogens with zero attached hydrogens (tertiary/aromatic N) is 4. The van der Waals surface area contributed by atoms with Crippen molar-refractivity contribution in [3.05, 3.63) is 71.2 Å². The Morgan fingerprint density at radius 1 is 1.02 bits per heavy atom. The number of aromatic nitrogens is 2. The average Bonchev–Trinajstić information content (AvgIpc) is 3.76. The van der Waals surface area contributed by atoms with Crippen LogP contribution in [0.25, 0.3) is 11.3 Å². The highest BCUT2D eigenvalue weighted by molar-refractivity contribution is 7.90. The third-order valence-electron chi connectivity index (χ3n) is 7.67. The quantitative estimate of drug-likeness (QED) is 0.267. The van der Waals surface area contributed by atoms with Crippen LogP contribution in [0.15, 0.2) is 53.6 Å². The number of anilines is 1. The van der Waals surface area contributed by atoms with Gasteiger partial charge in [0.2, 0.25) is 9.84 Å². The van der Waals surface area contributed by atoms with Crippen LogP contribution in [0, 0.1) is 12.7 Å². The van der Waals surface area contributed by atoms with Gasteiger partial charge in [0.1, 0.15) is 17.2 Å². The Kier molecular flexibility index (Phi) is 8.01. The van der Waals surface area contributed by atoms with Crippen molar-refractivity contribution in [1.29, 1.82) is 0 Å². The zero-order valence-corrected chi connectivity index (χ0v) is 23.9. The zero-order valence-electron chi connectivity index (χ0n) is 23.1. The van der Waals surface area contributed by atoms with Crippen molar-refractivity contribution in [3.8, 4) is 11.3 Å². The van der Waals surface area contributed by atoms with Crippen LogP contribution in [0.3, 0.4) is 0 Å². The minimum atomic E-state index is -4.78. The molecule has 0 amide bonds. The Balaban J connectivity index is 1.36. The van der Waals surface area contributed by atoms with Gasteiger partial charge in [-0.15, -0.1) is 0 Å². The molecule has 0 radical (unpaired) electrons. The summed E-state index contributed by atoms with van der Waals surface area (Å²) in [6.45, 7) is 5.82.